The fraction of sp³-hybridized carbons (Fsp3) is 0.857. The number of aliphatic hydroxyl groups excluding tert-OH is 1. The van der Waals surface area contributed by atoms with Crippen molar-refractivity contribution in [3.8, 4) is 0 Å². The highest BCUT2D eigenvalue weighted by Gasteiger charge is 2.54. The second kappa shape index (κ2) is 5.94. The zero-order valence-corrected chi connectivity index (χ0v) is 11.6. The fourth-order valence-electron chi connectivity index (χ4n) is 3.78. The molecule has 0 heterocycles. The number of rotatable bonds is 1. The first kappa shape index (κ1) is 17.4. The van der Waals surface area contributed by atoms with Crippen molar-refractivity contribution in [2.75, 3.05) is 0 Å². The molecule has 2 aliphatic rings. The lowest BCUT2D eigenvalue weighted by Crippen LogP contribution is -2.46. The largest absolute Gasteiger partial charge is 0.876 e. The van der Waals surface area contributed by atoms with Crippen molar-refractivity contribution in [2.45, 2.75) is 50.6 Å². The summed E-state index contributed by atoms with van der Waals surface area (Å²) in [4.78, 5) is 0. The van der Waals surface area contributed by atoms with Gasteiger partial charge in [-0.3, -0.25) is 0 Å². The first-order chi connectivity index (χ1) is 10.00. The summed E-state index contributed by atoms with van der Waals surface area (Å²) in [5.74, 6) is -7.11. The minimum absolute atomic E-state index is 0.0618. The molecule has 0 aromatic heterocycles. The van der Waals surface area contributed by atoms with Crippen molar-refractivity contribution in [3.05, 3.63) is 11.8 Å². The van der Waals surface area contributed by atoms with E-state index in [9.17, 15) is 36.6 Å². The number of hydrogen-bond acceptors (Lipinski definition) is 2. The molecule has 8 heteroatoms. The van der Waals surface area contributed by atoms with Crippen molar-refractivity contribution < 1.29 is 36.6 Å². The normalized spacial score (nSPS) is 37.8. The minimum Gasteiger partial charge on any atom is -0.876 e. The highest BCUT2D eigenvalue weighted by Crippen LogP contribution is 2.52. The molecule has 0 amide bonds. The topological polar surface area (TPSA) is 43.3 Å². The van der Waals surface area contributed by atoms with Crippen LogP contribution in [0.5, 0.6) is 0 Å². The van der Waals surface area contributed by atoms with Gasteiger partial charge < -0.3 is 10.2 Å². The van der Waals surface area contributed by atoms with E-state index in [2.05, 4.69) is 0 Å². The van der Waals surface area contributed by atoms with Crippen molar-refractivity contribution in [2.24, 2.45) is 23.7 Å². The Morgan fingerprint density at radius 2 is 1.55 bits per heavy atom. The van der Waals surface area contributed by atoms with Crippen LogP contribution in [0.2, 0.25) is 0 Å². The van der Waals surface area contributed by atoms with Crippen LogP contribution in [0.25, 0.3) is 0 Å². The Balaban J connectivity index is 2.29. The zero-order valence-electron chi connectivity index (χ0n) is 11.6. The molecule has 5 atom stereocenters. The zero-order chi connectivity index (χ0) is 16.7. The summed E-state index contributed by atoms with van der Waals surface area (Å²) in [6, 6.07) is 0. The Morgan fingerprint density at radius 3 is 2.09 bits per heavy atom. The van der Waals surface area contributed by atoms with Gasteiger partial charge in [0.1, 0.15) is 0 Å². The highest BCUT2D eigenvalue weighted by molar-refractivity contribution is 5.04. The van der Waals surface area contributed by atoms with Crippen molar-refractivity contribution in [1.82, 2.24) is 0 Å². The third-order valence-corrected chi connectivity index (χ3v) is 4.82. The van der Waals surface area contributed by atoms with Crippen LogP contribution in [0, 0.1) is 23.7 Å². The lowest BCUT2D eigenvalue weighted by atomic mass is 9.64. The fourth-order valence-corrected chi connectivity index (χ4v) is 3.78. The predicted octanol–water partition coefficient (Wildman–Crippen LogP) is 3.16. The molecule has 1 saturated carbocycles. The van der Waals surface area contributed by atoms with Gasteiger partial charge in [0.05, 0.1) is 17.9 Å². The second-order valence-corrected chi connectivity index (χ2v) is 6.20. The molecule has 128 valence electrons. The SMILES string of the molecule is [O-]C1=CCC(C2CCC(O)CC2C(F)(F)F)C(C(F)(F)F)C1. The van der Waals surface area contributed by atoms with Gasteiger partial charge in [-0.2, -0.15) is 26.3 Å². The highest BCUT2D eigenvalue weighted by atomic mass is 19.4. The van der Waals surface area contributed by atoms with Crippen LogP contribution in [0.4, 0.5) is 26.3 Å². The van der Waals surface area contributed by atoms with Crippen molar-refractivity contribution >= 4 is 0 Å². The molecule has 2 aliphatic carbocycles. The van der Waals surface area contributed by atoms with E-state index >= 15 is 0 Å². The van der Waals surface area contributed by atoms with Gasteiger partial charge in [0.25, 0.3) is 0 Å². The van der Waals surface area contributed by atoms with Gasteiger partial charge in [0.15, 0.2) is 0 Å². The standard InChI is InChI=1S/C14H18F6O2/c15-13(16,17)11-5-7(21)1-3-9(11)10-4-2-8(22)6-12(10)14(18,19)20/h1,8-12,21-22H,2-6H2/p-1. The van der Waals surface area contributed by atoms with Crippen LogP contribution in [0.15, 0.2) is 11.8 Å². The minimum atomic E-state index is -4.69. The lowest BCUT2D eigenvalue weighted by molar-refractivity contribution is -0.320. The summed E-state index contributed by atoms with van der Waals surface area (Å²) < 4.78 is 78.8. The molecule has 0 saturated heterocycles. The molecule has 5 unspecified atom stereocenters. The molecule has 0 spiro atoms. The molecule has 2 rings (SSSR count). The number of halogens is 6. The molecular weight excluding hydrogens is 314 g/mol. The lowest BCUT2D eigenvalue weighted by Gasteiger charge is -2.45. The van der Waals surface area contributed by atoms with Gasteiger partial charge >= 0.3 is 12.4 Å². The van der Waals surface area contributed by atoms with E-state index < -0.39 is 60.7 Å². The molecule has 0 aliphatic heterocycles. The summed E-state index contributed by atoms with van der Waals surface area (Å²) in [6.07, 6.45) is -11.1. The Hall–Kier alpha value is -0.920. The third-order valence-electron chi connectivity index (χ3n) is 4.82. The summed E-state index contributed by atoms with van der Waals surface area (Å²) in [5, 5.41) is 20.7. The quantitative estimate of drug-likeness (QED) is 0.750. The second-order valence-electron chi connectivity index (χ2n) is 6.20. The molecule has 0 bridgehead atoms. The number of hydrogen-bond donors (Lipinski definition) is 1. The van der Waals surface area contributed by atoms with Gasteiger partial charge in [0.2, 0.25) is 0 Å². The molecular formula is C14H17F6O2-. The first-order valence-corrected chi connectivity index (χ1v) is 7.17. The van der Waals surface area contributed by atoms with E-state index in [1.54, 1.807) is 0 Å². The number of allylic oxidation sites excluding steroid dienone is 2. The van der Waals surface area contributed by atoms with E-state index in [1.807, 2.05) is 0 Å². The Bertz CT molecular complexity index is 428. The maximum atomic E-state index is 13.2. The van der Waals surface area contributed by atoms with Crippen LogP contribution in [-0.4, -0.2) is 23.6 Å². The Labute approximate surface area is 123 Å². The van der Waals surface area contributed by atoms with Gasteiger partial charge in [-0.25, -0.2) is 0 Å². The Kier molecular flexibility index (Phi) is 4.71. The molecule has 1 fully saturated rings. The average molecular weight is 331 g/mol. The smallest absolute Gasteiger partial charge is 0.392 e. The molecule has 0 aromatic carbocycles. The van der Waals surface area contributed by atoms with Gasteiger partial charge in [0, 0.05) is 0 Å². The van der Waals surface area contributed by atoms with E-state index in [1.165, 1.54) is 0 Å². The third kappa shape index (κ3) is 3.70. The average Bonchev–Trinajstić information content (AvgIpc) is 2.37. The van der Waals surface area contributed by atoms with Crippen LogP contribution in [0.3, 0.4) is 0 Å². The molecule has 0 aromatic rings. The monoisotopic (exact) mass is 331 g/mol. The predicted molar refractivity (Wildman–Crippen MR) is 63.2 cm³/mol. The maximum Gasteiger partial charge on any atom is 0.392 e. The van der Waals surface area contributed by atoms with Gasteiger partial charge in [-0.05, 0) is 43.9 Å². The summed E-state index contributed by atoms with van der Waals surface area (Å²) in [6.45, 7) is 0. The maximum absolute atomic E-state index is 13.2. The van der Waals surface area contributed by atoms with Crippen LogP contribution < -0.4 is 5.11 Å². The van der Waals surface area contributed by atoms with Gasteiger partial charge in [-0.1, -0.05) is 6.08 Å². The van der Waals surface area contributed by atoms with E-state index in [-0.39, 0.29) is 19.3 Å². The van der Waals surface area contributed by atoms with Crippen molar-refractivity contribution in [1.29, 1.82) is 0 Å². The van der Waals surface area contributed by atoms with E-state index in [0.717, 1.165) is 6.08 Å². The van der Waals surface area contributed by atoms with Crippen LogP contribution >= 0.6 is 0 Å². The number of alkyl halides is 6. The Morgan fingerprint density at radius 1 is 0.955 bits per heavy atom. The molecule has 0 radical (unpaired) electrons. The summed E-state index contributed by atoms with van der Waals surface area (Å²) in [7, 11) is 0. The van der Waals surface area contributed by atoms with Crippen molar-refractivity contribution in [3.63, 3.8) is 0 Å². The van der Waals surface area contributed by atoms with Crippen LogP contribution in [-0.2, 0) is 0 Å². The van der Waals surface area contributed by atoms with Crippen LogP contribution in [0.1, 0.15) is 32.1 Å². The summed E-state index contributed by atoms with van der Waals surface area (Å²) >= 11 is 0. The van der Waals surface area contributed by atoms with Gasteiger partial charge in [-0.15, -0.1) is 5.76 Å². The molecule has 2 nitrogen and oxygen atoms in total. The molecule has 1 N–H and O–H groups in total. The van der Waals surface area contributed by atoms with E-state index in [4.69, 9.17) is 0 Å². The summed E-state index contributed by atoms with van der Waals surface area (Å²) in [5.41, 5.74) is 0. The first-order valence-electron chi connectivity index (χ1n) is 7.17. The number of aliphatic hydroxyl groups is 1. The molecule has 22 heavy (non-hydrogen) atoms. The van der Waals surface area contributed by atoms with E-state index in [0.29, 0.717) is 0 Å².